The lowest BCUT2D eigenvalue weighted by atomic mass is 9.79. The molecule has 0 radical (unpaired) electrons. The van der Waals surface area contributed by atoms with Crippen LogP contribution in [0.4, 0.5) is 5.82 Å². The van der Waals surface area contributed by atoms with E-state index in [1.54, 1.807) is 0 Å². The van der Waals surface area contributed by atoms with E-state index in [9.17, 15) is 0 Å². The molecular weight excluding hydrogens is 322 g/mol. The highest BCUT2D eigenvalue weighted by atomic mass is 15.2. The standard InChI is InChI=1S/C21H27N5/c1-21(9-6-11-25(16-21)14-17-7-4-10-22-13-17)19-15-26-12-5-8-18(26)20(23-19)24(2)3/h4-5,7-8,10,12-13,15H,6,9,11,14,16H2,1-3H3. The van der Waals surface area contributed by atoms with Crippen molar-refractivity contribution in [1.82, 2.24) is 19.3 Å². The minimum atomic E-state index is 0.0592. The van der Waals surface area contributed by atoms with Crippen LogP contribution in [0.25, 0.3) is 5.52 Å². The van der Waals surface area contributed by atoms with Gasteiger partial charge in [-0.2, -0.15) is 0 Å². The van der Waals surface area contributed by atoms with Gasteiger partial charge in [0.05, 0.1) is 11.2 Å². The number of likely N-dealkylation sites (tertiary alicyclic amines) is 1. The fraction of sp³-hybridized carbons (Fsp3) is 0.429. The van der Waals surface area contributed by atoms with Crippen molar-refractivity contribution in [3.8, 4) is 0 Å². The zero-order valence-electron chi connectivity index (χ0n) is 15.9. The van der Waals surface area contributed by atoms with Gasteiger partial charge in [0.2, 0.25) is 0 Å². The lowest BCUT2D eigenvalue weighted by Gasteiger charge is -2.40. The number of rotatable bonds is 4. The normalized spacial score (nSPS) is 21.2. The van der Waals surface area contributed by atoms with Gasteiger partial charge in [0.1, 0.15) is 0 Å². The number of fused-ring (bicyclic) bond motifs is 1. The van der Waals surface area contributed by atoms with E-state index in [2.05, 4.69) is 70.8 Å². The Bertz CT molecular complexity index is 886. The Morgan fingerprint density at radius 3 is 2.88 bits per heavy atom. The molecule has 1 fully saturated rings. The van der Waals surface area contributed by atoms with E-state index in [1.807, 2.05) is 18.5 Å². The van der Waals surface area contributed by atoms with Gasteiger partial charge in [-0.05, 0) is 43.1 Å². The number of nitrogens with zero attached hydrogens (tertiary/aromatic N) is 5. The highest BCUT2D eigenvalue weighted by molar-refractivity contribution is 5.69. The maximum absolute atomic E-state index is 5.08. The molecule has 4 heterocycles. The van der Waals surface area contributed by atoms with Gasteiger partial charge in [-0.15, -0.1) is 0 Å². The van der Waals surface area contributed by atoms with Crippen LogP contribution in [0.3, 0.4) is 0 Å². The highest BCUT2D eigenvalue weighted by Gasteiger charge is 2.35. The van der Waals surface area contributed by atoms with Crippen LogP contribution in [0.5, 0.6) is 0 Å². The Morgan fingerprint density at radius 2 is 2.12 bits per heavy atom. The van der Waals surface area contributed by atoms with Gasteiger partial charge in [0.15, 0.2) is 5.82 Å². The van der Waals surface area contributed by atoms with Crippen molar-refractivity contribution in [2.75, 3.05) is 32.1 Å². The minimum Gasteiger partial charge on any atom is -0.361 e. The second-order valence-electron chi connectivity index (χ2n) is 7.88. The Hall–Kier alpha value is -2.40. The summed E-state index contributed by atoms with van der Waals surface area (Å²) in [6, 6.07) is 8.40. The minimum absolute atomic E-state index is 0.0592. The topological polar surface area (TPSA) is 36.7 Å². The summed E-state index contributed by atoms with van der Waals surface area (Å²) < 4.78 is 2.21. The molecule has 5 heteroatoms. The van der Waals surface area contributed by atoms with E-state index in [0.717, 1.165) is 31.0 Å². The lowest BCUT2D eigenvalue weighted by Crippen LogP contribution is -2.44. The SMILES string of the molecule is CN(C)c1nc(C2(C)CCCN(Cc3cccnc3)C2)cn2cccc12. The third-order valence-corrected chi connectivity index (χ3v) is 5.44. The van der Waals surface area contributed by atoms with Gasteiger partial charge in [-0.25, -0.2) is 4.98 Å². The first-order valence-corrected chi connectivity index (χ1v) is 9.32. The van der Waals surface area contributed by atoms with E-state index in [0.29, 0.717) is 0 Å². The van der Waals surface area contributed by atoms with E-state index < -0.39 is 0 Å². The van der Waals surface area contributed by atoms with Gasteiger partial charge >= 0.3 is 0 Å². The Morgan fingerprint density at radius 1 is 1.23 bits per heavy atom. The molecule has 1 saturated heterocycles. The Balaban J connectivity index is 1.64. The summed E-state index contributed by atoms with van der Waals surface area (Å²) in [6.45, 7) is 5.47. The van der Waals surface area contributed by atoms with Crippen LogP contribution >= 0.6 is 0 Å². The van der Waals surface area contributed by atoms with Gasteiger partial charge in [0.25, 0.3) is 0 Å². The lowest BCUT2D eigenvalue weighted by molar-refractivity contribution is 0.147. The summed E-state index contributed by atoms with van der Waals surface area (Å²) in [5.41, 5.74) is 3.68. The predicted octanol–water partition coefficient (Wildman–Crippen LogP) is 3.35. The van der Waals surface area contributed by atoms with E-state index in [1.165, 1.54) is 24.1 Å². The quantitative estimate of drug-likeness (QED) is 0.724. The van der Waals surface area contributed by atoms with E-state index in [-0.39, 0.29) is 5.41 Å². The summed E-state index contributed by atoms with van der Waals surface area (Å²) >= 11 is 0. The number of hydrogen-bond donors (Lipinski definition) is 0. The monoisotopic (exact) mass is 349 g/mol. The molecule has 3 aromatic heterocycles. The van der Waals surface area contributed by atoms with Crippen molar-refractivity contribution in [2.45, 2.75) is 31.7 Å². The fourth-order valence-corrected chi connectivity index (χ4v) is 4.09. The molecule has 0 amide bonds. The third kappa shape index (κ3) is 3.19. The van der Waals surface area contributed by atoms with Crippen molar-refractivity contribution in [3.05, 3.63) is 60.3 Å². The van der Waals surface area contributed by atoms with Crippen LogP contribution in [0.2, 0.25) is 0 Å². The van der Waals surface area contributed by atoms with Gasteiger partial charge in [-0.3, -0.25) is 9.88 Å². The van der Waals surface area contributed by atoms with Crippen molar-refractivity contribution >= 4 is 11.3 Å². The van der Waals surface area contributed by atoms with Crippen molar-refractivity contribution in [1.29, 1.82) is 0 Å². The smallest absolute Gasteiger partial charge is 0.152 e. The number of aromatic nitrogens is 3. The maximum Gasteiger partial charge on any atom is 0.152 e. The molecule has 1 aliphatic heterocycles. The van der Waals surface area contributed by atoms with Crippen LogP contribution in [0, 0.1) is 0 Å². The van der Waals surface area contributed by atoms with Crippen LogP contribution in [0.15, 0.2) is 49.1 Å². The fourth-order valence-electron chi connectivity index (χ4n) is 4.09. The third-order valence-electron chi connectivity index (χ3n) is 5.44. The number of piperidine rings is 1. The molecule has 5 nitrogen and oxygen atoms in total. The number of hydrogen-bond acceptors (Lipinski definition) is 4. The van der Waals surface area contributed by atoms with Crippen LogP contribution in [-0.4, -0.2) is 46.5 Å². The average molecular weight is 349 g/mol. The molecule has 26 heavy (non-hydrogen) atoms. The van der Waals surface area contributed by atoms with Crippen LogP contribution in [0.1, 0.15) is 31.0 Å². The molecule has 0 spiro atoms. The molecule has 1 aliphatic rings. The van der Waals surface area contributed by atoms with Gasteiger partial charge in [-0.1, -0.05) is 13.0 Å². The van der Waals surface area contributed by atoms with Gasteiger partial charge < -0.3 is 9.30 Å². The molecule has 136 valence electrons. The summed E-state index contributed by atoms with van der Waals surface area (Å²) in [6.07, 6.45) is 10.5. The molecule has 0 saturated carbocycles. The first-order chi connectivity index (χ1) is 12.5. The van der Waals surface area contributed by atoms with Crippen LogP contribution < -0.4 is 4.90 Å². The zero-order valence-corrected chi connectivity index (χ0v) is 15.9. The largest absolute Gasteiger partial charge is 0.361 e. The van der Waals surface area contributed by atoms with Crippen molar-refractivity contribution in [3.63, 3.8) is 0 Å². The predicted molar refractivity (Wildman–Crippen MR) is 106 cm³/mol. The van der Waals surface area contributed by atoms with Gasteiger partial charge in [0, 0.05) is 57.4 Å². The van der Waals surface area contributed by atoms with Crippen molar-refractivity contribution in [2.24, 2.45) is 0 Å². The molecule has 0 bridgehead atoms. The number of pyridine rings is 1. The van der Waals surface area contributed by atoms with Crippen LogP contribution in [-0.2, 0) is 12.0 Å². The molecular formula is C21H27N5. The molecule has 0 aliphatic carbocycles. The Kier molecular flexibility index (Phi) is 4.41. The molecule has 1 atom stereocenters. The zero-order chi connectivity index (χ0) is 18.1. The molecule has 0 aromatic carbocycles. The second-order valence-corrected chi connectivity index (χ2v) is 7.88. The highest BCUT2D eigenvalue weighted by Crippen LogP contribution is 2.35. The number of anilines is 1. The molecule has 4 rings (SSSR count). The summed E-state index contributed by atoms with van der Waals surface area (Å²) in [7, 11) is 4.13. The van der Waals surface area contributed by atoms with E-state index >= 15 is 0 Å². The second kappa shape index (κ2) is 6.72. The molecule has 1 unspecified atom stereocenters. The average Bonchev–Trinajstić information content (AvgIpc) is 3.10. The molecule has 3 aromatic rings. The summed E-state index contributed by atoms with van der Waals surface area (Å²) in [5, 5.41) is 0. The van der Waals surface area contributed by atoms with E-state index in [4.69, 9.17) is 4.98 Å². The van der Waals surface area contributed by atoms with Crippen molar-refractivity contribution < 1.29 is 0 Å². The molecule has 0 N–H and O–H groups in total. The maximum atomic E-state index is 5.08. The summed E-state index contributed by atoms with van der Waals surface area (Å²) in [5.74, 6) is 1.04. The first kappa shape index (κ1) is 17.0. The Labute approximate surface area is 155 Å². The first-order valence-electron chi connectivity index (χ1n) is 9.32. The summed E-state index contributed by atoms with van der Waals surface area (Å²) in [4.78, 5) is 14.0.